The van der Waals surface area contributed by atoms with Crippen molar-refractivity contribution in [2.45, 2.75) is 17.4 Å². The van der Waals surface area contributed by atoms with E-state index >= 15 is 8.78 Å². The van der Waals surface area contributed by atoms with Crippen molar-refractivity contribution < 1.29 is 31.9 Å². The molecule has 0 aliphatic carbocycles. The lowest BCUT2D eigenvalue weighted by atomic mass is 10.0. The molecule has 0 bridgehead atoms. The Morgan fingerprint density at radius 2 is 1.70 bits per heavy atom. The van der Waals surface area contributed by atoms with Crippen LogP contribution in [0.2, 0.25) is 0 Å². The standard InChI is InChI=1S/C31H23F2N9O7S/c1-40-25-14-34-9-8-21(25)29(44)42(31(40)47)19-4-2-17(3-5-19)10-24(30(45)46)38-28(43)27-22(32)11-18(12-23(27)33)39-50(48,49)20-6-7-26(36-13-20)41-16-35-15-37-41/h2-9,11-16,24,39H,10H2,1H3,(H,38,43)(H,45,46)/t24-/m0/s1. The van der Waals surface area contributed by atoms with Crippen molar-refractivity contribution in [2.24, 2.45) is 7.05 Å². The molecule has 0 fully saturated rings. The molecule has 6 aromatic rings. The number of pyridine rings is 2. The minimum absolute atomic E-state index is 0.189. The van der Waals surface area contributed by atoms with Crippen LogP contribution in [0, 0.1) is 11.6 Å². The second-order valence-corrected chi connectivity index (χ2v) is 12.4. The Hall–Kier alpha value is -6.63. The number of hydrogen-bond donors (Lipinski definition) is 3. The first-order chi connectivity index (χ1) is 23.8. The molecule has 0 aliphatic rings. The van der Waals surface area contributed by atoms with E-state index in [1.807, 2.05) is 4.72 Å². The zero-order valence-corrected chi connectivity index (χ0v) is 26.4. The summed E-state index contributed by atoms with van der Waals surface area (Å²) in [6.07, 6.45) is 6.05. The number of carbonyl (C=O) groups is 2. The van der Waals surface area contributed by atoms with Gasteiger partial charge < -0.3 is 10.4 Å². The predicted octanol–water partition coefficient (Wildman–Crippen LogP) is 1.56. The number of amides is 1. The van der Waals surface area contributed by atoms with Gasteiger partial charge in [-0.15, -0.1) is 0 Å². The SMILES string of the molecule is Cn1c(=O)n(-c2ccc(C[C@H](NC(=O)c3c(F)cc(NS(=O)(=O)c4ccc(-n5cncn5)nc4)cc3F)C(=O)O)cc2)c(=O)c2ccncc21. The molecule has 3 N–H and O–H groups in total. The van der Waals surface area contributed by atoms with Crippen molar-refractivity contribution in [2.75, 3.05) is 4.72 Å². The molecule has 19 heteroatoms. The molecule has 254 valence electrons. The molecule has 0 spiro atoms. The minimum atomic E-state index is -4.38. The molecule has 0 saturated carbocycles. The Labute approximate surface area is 279 Å². The molecule has 0 radical (unpaired) electrons. The molecule has 0 unspecified atom stereocenters. The Morgan fingerprint density at radius 1 is 0.980 bits per heavy atom. The highest BCUT2D eigenvalue weighted by Gasteiger charge is 2.27. The number of hydrogen-bond acceptors (Lipinski definition) is 10. The molecule has 1 amide bonds. The normalized spacial score (nSPS) is 12.1. The molecule has 1 atom stereocenters. The van der Waals surface area contributed by atoms with Crippen LogP contribution in [0.15, 0.2) is 100 Å². The van der Waals surface area contributed by atoms with Gasteiger partial charge in [-0.2, -0.15) is 5.10 Å². The average Bonchev–Trinajstić information content (AvgIpc) is 3.63. The maximum Gasteiger partial charge on any atom is 0.335 e. The van der Waals surface area contributed by atoms with Gasteiger partial charge in [-0.25, -0.2) is 46.0 Å². The van der Waals surface area contributed by atoms with E-state index in [1.165, 1.54) is 83.8 Å². The summed E-state index contributed by atoms with van der Waals surface area (Å²) in [6.45, 7) is 0. The van der Waals surface area contributed by atoms with Gasteiger partial charge in [0.1, 0.15) is 40.8 Å². The number of rotatable bonds is 10. The summed E-state index contributed by atoms with van der Waals surface area (Å²) < 4.78 is 61.2. The highest BCUT2D eigenvalue weighted by molar-refractivity contribution is 7.92. The molecule has 16 nitrogen and oxygen atoms in total. The third-order valence-electron chi connectivity index (χ3n) is 7.52. The maximum absolute atomic E-state index is 15.1. The number of carboxylic acids is 1. The van der Waals surface area contributed by atoms with E-state index in [0.29, 0.717) is 23.2 Å². The highest BCUT2D eigenvalue weighted by atomic mass is 32.2. The number of halogens is 2. The van der Waals surface area contributed by atoms with Gasteiger partial charge in [-0.05, 0) is 48.0 Å². The number of aryl methyl sites for hydroxylation is 1. The number of carboxylic acid groups (broad SMARTS) is 1. The number of nitrogens with one attached hydrogen (secondary N) is 2. The third-order valence-corrected chi connectivity index (χ3v) is 8.88. The van der Waals surface area contributed by atoms with E-state index in [0.717, 1.165) is 10.8 Å². The number of anilines is 1. The van der Waals surface area contributed by atoms with Gasteiger partial charge in [0.25, 0.3) is 21.5 Å². The van der Waals surface area contributed by atoms with Crippen molar-refractivity contribution in [1.29, 1.82) is 0 Å². The smallest absolute Gasteiger partial charge is 0.335 e. The third kappa shape index (κ3) is 6.43. The first-order valence-corrected chi connectivity index (χ1v) is 15.8. The van der Waals surface area contributed by atoms with Gasteiger partial charge in [0, 0.05) is 25.9 Å². The summed E-state index contributed by atoms with van der Waals surface area (Å²) in [5.74, 6) is -5.61. The van der Waals surface area contributed by atoms with Crippen LogP contribution in [0.1, 0.15) is 15.9 Å². The maximum atomic E-state index is 15.1. The number of sulfonamides is 1. The van der Waals surface area contributed by atoms with Gasteiger partial charge in [0.15, 0.2) is 5.82 Å². The van der Waals surface area contributed by atoms with E-state index in [1.54, 1.807) is 0 Å². The first-order valence-electron chi connectivity index (χ1n) is 14.4. The van der Waals surface area contributed by atoms with Crippen molar-refractivity contribution in [3.8, 4) is 11.5 Å². The number of fused-ring (bicyclic) bond motifs is 1. The number of aliphatic carboxylic acids is 1. The largest absolute Gasteiger partial charge is 0.480 e. The zero-order chi connectivity index (χ0) is 35.7. The van der Waals surface area contributed by atoms with Crippen LogP contribution in [-0.2, 0) is 28.3 Å². The van der Waals surface area contributed by atoms with E-state index in [2.05, 4.69) is 25.4 Å². The van der Waals surface area contributed by atoms with Crippen molar-refractivity contribution in [3.05, 3.63) is 129 Å². The fourth-order valence-corrected chi connectivity index (χ4v) is 6.01. The van der Waals surface area contributed by atoms with Crippen LogP contribution >= 0.6 is 0 Å². The van der Waals surface area contributed by atoms with E-state index in [-0.39, 0.29) is 28.2 Å². The predicted molar refractivity (Wildman–Crippen MR) is 171 cm³/mol. The molecule has 6 rings (SSSR count). The van der Waals surface area contributed by atoms with E-state index < -0.39 is 62.1 Å². The minimum Gasteiger partial charge on any atom is -0.480 e. The highest BCUT2D eigenvalue weighted by Crippen LogP contribution is 2.23. The van der Waals surface area contributed by atoms with Crippen LogP contribution < -0.4 is 21.3 Å². The molecular weight excluding hydrogens is 680 g/mol. The zero-order valence-electron chi connectivity index (χ0n) is 25.6. The van der Waals surface area contributed by atoms with E-state index in [9.17, 15) is 32.7 Å². The summed E-state index contributed by atoms with van der Waals surface area (Å²) >= 11 is 0. The Kier molecular flexibility index (Phi) is 8.73. The van der Waals surface area contributed by atoms with E-state index in [4.69, 9.17) is 0 Å². The van der Waals surface area contributed by atoms with Crippen LogP contribution in [0.5, 0.6) is 0 Å². The quantitative estimate of drug-likeness (QED) is 0.186. The fraction of sp³-hybridized carbons (Fsp3) is 0.0968. The summed E-state index contributed by atoms with van der Waals surface area (Å²) in [6, 6.07) is 9.13. The molecule has 4 heterocycles. The van der Waals surface area contributed by atoms with Crippen LogP contribution in [0.25, 0.3) is 22.4 Å². The summed E-state index contributed by atoms with van der Waals surface area (Å²) in [7, 11) is -2.90. The second kappa shape index (κ2) is 13.1. The van der Waals surface area contributed by atoms with Crippen molar-refractivity contribution in [3.63, 3.8) is 0 Å². The summed E-state index contributed by atoms with van der Waals surface area (Å²) in [5, 5.41) is 16.0. The summed E-state index contributed by atoms with van der Waals surface area (Å²) in [5.41, 5.74) is -2.06. The lowest BCUT2D eigenvalue weighted by Gasteiger charge is -2.16. The van der Waals surface area contributed by atoms with Gasteiger partial charge in [0.05, 0.1) is 28.5 Å². The molecule has 50 heavy (non-hydrogen) atoms. The van der Waals surface area contributed by atoms with Crippen molar-refractivity contribution >= 4 is 38.5 Å². The second-order valence-electron chi connectivity index (χ2n) is 10.7. The number of aromatic nitrogens is 7. The molecule has 0 saturated heterocycles. The Bertz CT molecular complexity index is 2480. The number of benzene rings is 2. The van der Waals surface area contributed by atoms with Gasteiger partial charge in [-0.3, -0.25) is 23.9 Å². The first kappa shape index (κ1) is 33.3. The van der Waals surface area contributed by atoms with Crippen LogP contribution in [0.4, 0.5) is 14.5 Å². The topological polar surface area (TPSA) is 213 Å². The lowest BCUT2D eigenvalue weighted by molar-refractivity contribution is -0.139. The monoisotopic (exact) mass is 703 g/mol. The molecule has 2 aromatic carbocycles. The van der Waals surface area contributed by atoms with Crippen molar-refractivity contribution in [1.82, 2.24) is 39.2 Å². The lowest BCUT2D eigenvalue weighted by Crippen LogP contribution is -2.43. The van der Waals surface area contributed by atoms with Crippen LogP contribution in [0.3, 0.4) is 0 Å². The molecular formula is C31H23F2N9O7S. The van der Waals surface area contributed by atoms with Gasteiger partial charge >= 0.3 is 11.7 Å². The van der Waals surface area contributed by atoms with Gasteiger partial charge in [-0.1, -0.05) is 12.1 Å². The van der Waals surface area contributed by atoms with Crippen LogP contribution in [-0.4, -0.2) is 65.3 Å². The summed E-state index contributed by atoms with van der Waals surface area (Å²) in [4.78, 5) is 62.3. The fourth-order valence-electron chi connectivity index (χ4n) is 5.03. The Morgan fingerprint density at radius 3 is 2.32 bits per heavy atom. The molecule has 4 aromatic heterocycles. The number of nitrogens with zero attached hydrogens (tertiary/aromatic N) is 7. The molecule has 0 aliphatic heterocycles. The average molecular weight is 704 g/mol. The van der Waals surface area contributed by atoms with Gasteiger partial charge in [0.2, 0.25) is 0 Å². The number of carbonyl (C=O) groups excluding carboxylic acids is 1. The Balaban J connectivity index is 1.17.